The van der Waals surface area contributed by atoms with Gasteiger partial charge >= 0.3 is 12.1 Å². The van der Waals surface area contributed by atoms with Gasteiger partial charge in [0.15, 0.2) is 0 Å². The van der Waals surface area contributed by atoms with E-state index in [2.05, 4.69) is 25.3 Å². The highest BCUT2D eigenvalue weighted by molar-refractivity contribution is 6.09. The number of nitrogens with one attached hydrogen (secondary N) is 2. The van der Waals surface area contributed by atoms with Crippen molar-refractivity contribution in [2.24, 2.45) is 5.73 Å². The van der Waals surface area contributed by atoms with E-state index in [-0.39, 0.29) is 17.8 Å². The summed E-state index contributed by atoms with van der Waals surface area (Å²) in [5.41, 5.74) is 10.1. The van der Waals surface area contributed by atoms with Gasteiger partial charge in [-0.05, 0) is 42.0 Å². The monoisotopic (exact) mass is 611 g/mol. The quantitative estimate of drug-likeness (QED) is 0.156. The lowest BCUT2D eigenvalue weighted by molar-refractivity contribution is -0.205. The third-order valence-electron chi connectivity index (χ3n) is 6.98. The van der Waals surface area contributed by atoms with Crippen LogP contribution >= 0.6 is 0 Å². The number of hydrogen-bond acceptors (Lipinski definition) is 8. The van der Waals surface area contributed by atoms with Crippen molar-refractivity contribution in [3.8, 4) is 11.3 Å². The largest absolute Gasteiger partial charge is 0.490 e. The molecule has 4 aromatic carbocycles. The van der Waals surface area contributed by atoms with Gasteiger partial charge in [-0.15, -0.1) is 0 Å². The van der Waals surface area contributed by atoms with E-state index in [4.69, 9.17) is 10.2 Å². The number of carbonyl (C=O) groups excluding carboxylic acids is 2. The van der Waals surface area contributed by atoms with Crippen LogP contribution in [0.15, 0.2) is 108 Å². The number of anilines is 3. The number of esters is 1. The highest BCUT2D eigenvalue weighted by atomic mass is 19.4. The standard InChI is InChI=1S/C33H24F3N5O4/c34-33(35,36)32(43)45-29(20-10-8-19(17-37)9-11-20)31(42)41-22-14-12-21(13-15-22)40-28-16-26(38-18-39-28)25-6-3-5-24-23-4-1-2-7-27(23)44-30(24)25/h1-16,18,29H,17,37H2,(H,41,42)(H,38,39,40). The third kappa shape index (κ3) is 6.31. The van der Waals surface area contributed by atoms with Crippen molar-refractivity contribution in [2.45, 2.75) is 18.8 Å². The number of halogens is 3. The maximum atomic E-state index is 13.0. The average Bonchev–Trinajstić information content (AvgIpc) is 3.43. The molecule has 0 fully saturated rings. The number of nitrogens with two attached hydrogens (primary N) is 1. The first kappa shape index (κ1) is 29.3. The van der Waals surface area contributed by atoms with Crippen LogP contribution in [0.2, 0.25) is 0 Å². The predicted molar refractivity (Wildman–Crippen MR) is 162 cm³/mol. The van der Waals surface area contributed by atoms with Crippen molar-refractivity contribution in [3.63, 3.8) is 0 Å². The molecule has 0 aliphatic carbocycles. The van der Waals surface area contributed by atoms with Gasteiger partial charge in [0, 0.05) is 45.9 Å². The maximum Gasteiger partial charge on any atom is 0.490 e. The van der Waals surface area contributed by atoms with Crippen LogP contribution in [0.3, 0.4) is 0 Å². The summed E-state index contributed by atoms with van der Waals surface area (Å²) in [6.45, 7) is 0.188. The first-order valence-electron chi connectivity index (χ1n) is 13.7. The minimum Gasteiger partial charge on any atom is -0.455 e. The van der Waals surface area contributed by atoms with E-state index < -0.39 is 24.2 Å². The minimum atomic E-state index is -5.28. The molecular formula is C33H24F3N5O4. The molecule has 0 bridgehead atoms. The van der Waals surface area contributed by atoms with Crippen molar-refractivity contribution < 1.29 is 31.9 Å². The summed E-state index contributed by atoms with van der Waals surface area (Å²) in [6, 6.07) is 27.6. The van der Waals surface area contributed by atoms with Gasteiger partial charge in [0.25, 0.3) is 5.91 Å². The Hall–Kier alpha value is -5.75. The molecule has 0 radical (unpaired) electrons. The van der Waals surface area contributed by atoms with Crippen LogP contribution in [0.25, 0.3) is 33.2 Å². The van der Waals surface area contributed by atoms with Crippen molar-refractivity contribution in [3.05, 3.63) is 115 Å². The Bertz CT molecular complexity index is 2010. The highest BCUT2D eigenvalue weighted by Crippen LogP contribution is 2.35. The number of para-hydroxylation sites is 2. The van der Waals surface area contributed by atoms with Crippen molar-refractivity contribution in [1.29, 1.82) is 0 Å². The van der Waals surface area contributed by atoms with Gasteiger partial charge in [-0.1, -0.05) is 54.6 Å². The molecule has 9 nitrogen and oxygen atoms in total. The molecule has 0 spiro atoms. The number of ether oxygens (including phenoxy) is 1. The number of hydrogen-bond donors (Lipinski definition) is 3. The van der Waals surface area contributed by atoms with E-state index in [0.717, 1.165) is 21.9 Å². The first-order valence-corrected chi connectivity index (χ1v) is 13.7. The number of fused-ring (bicyclic) bond motifs is 3. The second kappa shape index (κ2) is 12.1. The molecule has 6 rings (SSSR count). The van der Waals surface area contributed by atoms with Gasteiger partial charge in [0.1, 0.15) is 23.3 Å². The molecule has 2 heterocycles. The molecule has 2 aromatic heterocycles. The fourth-order valence-corrected chi connectivity index (χ4v) is 4.79. The van der Waals surface area contributed by atoms with Crippen LogP contribution in [0.4, 0.5) is 30.4 Å². The number of aromatic nitrogens is 2. The Kier molecular flexibility index (Phi) is 7.88. The summed E-state index contributed by atoms with van der Waals surface area (Å²) in [6.07, 6.45) is -5.70. The molecule has 6 aromatic rings. The SMILES string of the molecule is NCc1ccc(C(OC(=O)C(F)(F)F)C(=O)Nc2ccc(Nc3cc(-c4cccc5c4oc4ccccc45)ncn3)cc2)cc1. The topological polar surface area (TPSA) is 132 Å². The predicted octanol–water partition coefficient (Wildman–Crippen LogP) is 7.03. The molecule has 1 atom stereocenters. The average molecular weight is 612 g/mol. The van der Waals surface area contributed by atoms with E-state index in [1.807, 2.05) is 42.5 Å². The number of amides is 1. The molecule has 45 heavy (non-hydrogen) atoms. The Morgan fingerprint density at radius 2 is 1.58 bits per heavy atom. The zero-order valence-corrected chi connectivity index (χ0v) is 23.3. The van der Waals surface area contributed by atoms with Crippen molar-refractivity contribution in [1.82, 2.24) is 9.97 Å². The lowest BCUT2D eigenvalue weighted by Crippen LogP contribution is -2.32. The second-order valence-electron chi connectivity index (χ2n) is 9.99. The molecule has 0 aliphatic heterocycles. The van der Waals surface area contributed by atoms with Crippen LogP contribution in [-0.4, -0.2) is 28.0 Å². The van der Waals surface area contributed by atoms with Crippen LogP contribution in [0, 0.1) is 0 Å². The molecule has 0 saturated carbocycles. The number of carbonyl (C=O) groups is 2. The van der Waals surface area contributed by atoms with E-state index >= 15 is 0 Å². The fraction of sp³-hybridized carbons (Fsp3) is 0.0909. The van der Waals surface area contributed by atoms with E-state index in [9.17, 15) is 22.8 Å². The van der Waals surface area contributed by atoms with Gasteiger partial charge in [0.05, 0.1) is 5.69 Å². The van der Waals surface area contributed by atoms with E-state index in [1.165, 1.54) is 42.7 Å². The number of alkyl halides is 3. The number of rotatable bonds is 8. The lowest BCUT2D eigenvalue weighted by atomic mass is 10.1. The second-order valence-corrected chi connectivity index (χ2v) is 9.99. The molecule has 4 N–H and O–H groups in total. The van der Waals surface area contributed by atoms with Crippen LogP contribution < -0.4 is 16.4 Å². The lowest BCUT2D eigenvalue weighted by Gasteiger charge is -2.19. The number of nitrogens with zero attached hydrogens (tertiary/aromatic N) is 2. The van der Waals surface area contributed by atoms with Gasteiger partial charge in [-0.25, -0.2) is 14.8 Å². The Balaban J connectivity index is 1.18. The van der Waals surface area contributed by atoms with Crippen molar-refractivity contribution >= 4 is 51.0 Å². The molecule has 1 unspecified atom stereocenters. The zero-order chi connectivity index (χ0) is 31.6. The van der Waals surface area contributed by atoms with Crippen LogP contribution in [0.1, 0.15) is 17.2 Å². The first-order chi connectivity index (χ1) is 21.7. The zero-order valence-electron chi connectivity index (χ0n) is 23.3. The van der Waals surface area contributed by atoms with Gasteiger partial charge in [0.2, 0.25) is 6.10 Å². The van der Waals surface area contributed by atoms with Crippen LogP contribution in [0.5, 0.6) is 0 Å². The van der Waals surface area contributed by atoms with Gasteiger partial charge < -0.3 is 25.5 Å². The number of benzene rings is 4. The number of furan rings is 1. The van der Waals surface area contributed by atoms with Gasteiger partial charge in [-0.3, -0.25) is 4.79 Å². The van der Waals surface area contributed by atoms with Crippen molar-refractivity contribution in [2.75, 3.05) is 10.6 Å². The van der Waals surface area contributed by atoms with Crippen LogP contribution in [-0.2, 0) is 20.9 Å². The molecule has 12 heteroatoms. The highest BCUT2D eigenvalue weighted by Gasteiger charge is 2.43. The summed E-state index contributed by atoms with van der Waals surface area (Å²) in [7, 11) is 0. The molecule has 0 saturated heterocycles. The maximum absolute atomic E-state index is 13.0. The van der Waals surface area contributed by atoms with Gasteiger partial charge in [-0.2, -0.15) is 13.2 Å². The summed E-state index contributed by atoms with van der Waals surface area (Å²) >= 11 is 0. The normalized spacial score (nSPS) is 12.2. The summed E-state index contributed by atoms with van der Waals surface area (Å²) in [5, 5.41) is 7.65. The van der Waals surface area contributed by atoms with E-state index in [0.29, 0.717) is 28.3 Å². The fourth-order valence-electron chi connectivity index (χ4n) is 4.79. The summed E-state index contributed by atoms with van der Waals surface area (Å²) in [4.78, 5) is 33.3. The minimum absolute atomic E-state index is 0.0542. The Morgan fingerprint density at radius 1 is 0.867 bits per heavy atom. The Labute approximate surface area is 253 Å². The summed E-state index contributed by atoms with van der Waals surface area (Å²) < 4.78 is 49.5. The molecule has 226 valence electrons. The summed E-state index contributed by atoms with van der Waals surface area (Å²) in [5.74, 6) is -2.95. The molecule has 0 aliphatic rings. The third-order valence-corrected chi connectivity index (χ3v) is 6.98. The smallest absolute Gasteiger partial charge is 0.455 e. The molecular weight excluding hydrogens is 587 g/mol. The van der Waals surface area contributed by atoms with E-state index in [1.54, 1.807) is 18.2 Å². The Morgan fingerprint density at radius 3 is 2.31 bits per heavy atom. The molecule has 1 amide bonds.